The lowest BCUT2D eigenvalue weighted by atomic mass is 10.1. The molecule has 0 spiro atoms. The van der Waals surface area contributed by atoms with E-state index in [1.807, 2.05) is 0 Å². The smallest absolute Gasteiger partial charge is 0.255 e. The van der Waals surface area contributed by atoms with Gasteiger partial charge in [-0.05, 0) is 58.7 Å². The van der Waals surface area contributed by atoms with Crippen LogP contribution < -0.4 is 5.32 Å². The second-order valence-corrected chi connectivity index (χ2v) is 5.83. The van der Waals surface area contributed by atoms with Crippen LogP contribution in [0.3, 0.4) is 0 Å². The van der Waals surface area contributed by atoms with Gasteiger partial charge < -0.3 is 5.32 Å². The van der Waals surface area contributed by atoms with Crippen LogP contribution in [0.5, 0.6) is 0 Å². The molecule has 0 bridgehead atoms. The Kier molecular flexibility index (Phi) is 4.68. The van der Waals surface area contributed by atoms with Crippen LogP contribution in [0.1, 0.15) is 15.9 Å². The van der Waals surface area contributed by atoms with E-state index in [1.165, 1.54) is 6.07 Å². The van der Waals surface area contributed by atoms with Gasteiger partial charge in [0, 0.05) is 15.1 Å². The second kappa shape index (κ2) is 6.12. The number of amides is 1. The van der Waals surface area contributed by atoms with Crippen molar-refractivity contribution in [1.82, 2.24) is 0 Å². The van der Waals surface area contributed by atoms with Gasteiger partial charge in [-0.2, -0.15) is 0 Å². The first-order valence-electron chi connectivity index (χ1n) is 5.60. The highest BCUT2D eigenvalue weighted by molar-refractivity contribution is 9.10. The van der Waals surface area contributed by atoms with E-state index < -0.39 is 5.82 Å². The Morgan fingerprint density at radius 1 is 1.20 bits per heavy atom. The number of aryl methyl sites for hydroxylation is 1. The molecule has 6 heteroatoms. The Hall–Kier alpha value is -1.10. The van der Waals surface area contributed by atoms with Gasteiger partial charge in [-0.15, -0.1) is 0 Å². The zero-order valence-corrected chi connectivity index (χ0v) is 13.4. The van der Waals surface area contributed by atoms with Gasteiger partial charge in [0.2, 0.25) is 0 Å². The second-order valence-electron chi connectivity index (χ2n) is 4.16. The van der Waals surface area contributed by atoms with Crippen LogP contribution >= 0.6 is 39.1 Å². The maximum Gasteiger partial charge on any atom is 0.255 e. The van der Waals surface area contributed by atoms with Gasteiger partial charge in [0.05, 0.1) is 10.7 Å². The summed E-state index contributed by atoms with van der Waals surface area (Å²) in [5, 5.41) is 3.35. The van der Waals surface area contributed by atoms with Crippen LogP contribution in [-0.2, 0) is 0 Å². The highest BCUT2D eigenvalue weighted by Gasteiger charge is 2.13. The van der Waals surface area contributed by atoms with E-state index in [1.54, 1.807) is 25.1 Å². The highest BCUT2D eigenvalue weighted by Crippen LogP contribution is 2.32. The molecule has 1 N–H and O–H groups in total. The number of hydrogen-bond acceptors (Lipinski definition) is 1. The average Bonchev–Trinajstić information content (AvgIpc) is 2.36. The van der Waals surface area contributed by atoms with Gasteiger partial charge in [-0.1, -0.05) is 23.2 Å². The molecule has 2 nitrogen and oxygen atoms in total. The van der Waals surface area contributed by atoms with Crippen LogP contribution in [0.4, 0.5) is 10.1 Å². The minimum absolute atomic E-state index is 0.121. The molecule has 2 aromatic rings. The molecule has 0 heterocycles. The number of anilines is 1. The maximum atomic E-state index is 13.1. The fourth-order valence-electron chi connectivity index (χ4n) is 1.63. The Morgan fingerprint density at radius 3 is 2.50 bits per heavy atom. The largest absolute Gasteiger partial charge is 0.320 e. The minimum Gasteiger partial charge on any atom is -0.320 e. The van der Waals surface area contributed by atoms with Gasteiger partial charge in [-0.25, -0.2) is 4.39 Å². The number of nitrogens with one attached hydrogen (secondary N) is 1. The van der Waals surface area contributed by atoms with E-state index in [0.717, 1.165) is 11.6 Å². The van der Waals surface area contributed by atoms with E-state index >= 15 is 0 Å². The molecule has 0 atom stereocenters. The Bertz CT molecular complexity index is 668. The van der Waals surface area contributed by atoms with Crippen molar-refractivity contribution < 1.29 is 9.18 Å². The molecular formula is C14H9BrCl2FNO. The first kappa shape index (κ1) is 15.3. The maximum absolute atomic E-state index is 13.1. The van der Waals surface area contributed by atoms with E-state index in [-0.39, 0.29) is 10.9 Å². The monoisotopic (exact) mass is 375 g/mol. The lowest BCUT2D eigenvalue weighted by molar-refractivity contribution is 0.102. The van der Waals surface area contributed by atoms with Gasteiger partial charge in [-0.3, -0.25) is 4.79 Å². The molecule has 1 amide bonds. The molecule has 0 aliphatic carbocycles. The van der Waals surface area contributed by atoms with Crippen molar-refractivity contribution in [2.45, 2.75) is 6.92 Å². The van der Waals surface area contributed by atoms with Crippen molar-refractivity contribution in [2.24, 2.45) is 0 Å². The summed E-state index contributed by atoms with van der Waals surface area (Å²) in [5.74, 6) is -0.832. The van der Waals surface area contributed by atoms with Crippen molar-refractivity contribution in [3.8, 4) is 0 Å². The fraction of sp³-hybridized carbons (Fsp3) is 0.0714. The number of carbonyl (C=O) groups is 1. The predicted octanol–water partition coefficient (Wildman–Crippen LogP) is 5.46. The standard InChI is InChI=1S/C14H9BrCl2FNO/c1-7-4-8(2-3-11(7)16)14(20)19-13-10(15)5-9(18)6-12(13)17/h2-6H,1H3,(H,19,20). The third kappa shape index (κ3) is 3.32. The molecule has 2 aromatic carbocycles. The summed E-state index contributed by atoms with van der Waals surface area (Å²) in [6.45, 7) is 1.81. The molecule has 20 heavy (non-hydrogen) atoms. The third-order valence-corrected chi connectivity index (χ3v) is 4.01. The number of rotatable bonds is 2. The molecular weight excluding hydrogens is 368 g/mol. The molecule has 0 unspecified atom stereocenters. The average molecular weight is 377 g/mol. The summed E-state index contributed by atoms with van der Waals surface area (Å²) in [6.07, 6.45) is 0. The topological polar surface area (TPSA) is 29.1 Å². The molecule has 0 aliphatic rings. The van der Waals surface area contributed by atoms with E-state index in [0.29, 0.717) is 20.7 Å². The first-order chi connectivity index (χ1) is 9.38. The van der Waals surface area contributed by atoms with Crippen LogP contribution in [-0.4, -0.2) is 5.91 Å². The molecule has 0 aliphatic heterocycles. The molecule has 2 rings (SSSR count). The normalized spacial score (nSPS) is 10.4. The number of halogens is 4. The summed E-state index contributed by atoms with van der Waals surface area (Å²) in [7, 11) is 0. The third-order valence-electron chi connectivity index (χ3n) is 2.67. The molecule has 104 valence electrons. The minimum atomic E-state index is -0.484. The van der Waals surface area contributed by atoms with Crippen molar-refractivity contribution in [3.05, 3.63) is 61.8 Å². The van der Waals surface area contributed by atoms with Crippen molar-refractivity contribution in [1.29, 1.82) is 0 Å². The Labute approximate surface area is 134 Å². The van der Waals surface area contributed by atoms with E-state index in [4.69, 9.17) is 23.2 Å². The Morgan fingerprint density at radius 2 is 1.90 bits per heavy atom. The summed E-state index contributed by atoms with van der Waals surface area (Å²) >= 11 is 15.0. The van der Waals surface area contributed by atoms with Crippen LogP contribution in [0.15, 0.2) is 34.8 Å². The summed E-state index contributed by atoms with van der Waals surface area (Å²) in [5.41, 5.74) is 1.56. The van der Waals surface area contributed by atoms with Crippen molar-refractivity contribution in [2.75, 3.05) is 5.32 Å². The number of carbonyl (C=O) groups excluding carboxylic acids is 1. The van der Waals surface area contributed by atoms with Gasteiger partial charge in [0.25, 0.3) is 5.91 Å². The summed E-state index contributed by atoms with van der Waals surface area (Å²) in [4.78, 5) is 12.1. The molecule has 0 fully saturated rings. The molecule has 0 radical (unpaired) electrons. The lowest BCUT2D eigenvalue weighted by Crippen LogP contribution is -2.13. The zero-order chi connectivity index (χ0) is 14.9. The Balaban J connectivity index is 2.30. The van der Waals surface area contributed by atoms with E-state index in [2.05, 4.69) is 21.2 Å². The SMILES string of the molecule is Cc1cc(C(=O)Nc2c(Cl)cc(F)cc2Br)ccc1Cl. The van der Waals surface area contributed by atoms with Gasteiger partial charge >= 0.3 is 0 Å². The van der Waals surface area contributed by atoms with Gasteiger partial charge in [0.1, 0.15) is 5.82 Å². The van der Waals surface area contributed by atoms with Crippen molar-refractivity contribution in [3.63, 3.8) is 0 Å². The van der Waals surface area contributed by atoms with Gasteiger partial charge in [0.15, 0.2) is 0 Å². The quantitative estimate of drug-likeness (QED) is 0.741. The molecule has 0 saturated carbocycles. The van der Waals surface area contributed by atoms with E-state index in [9.17, 15) is 9.18 Å². The molecule has 0 saturated heterocycles. The van der Waals surface area contributed by atoms with Crippen LogP contribution in [0.2, 0.25) is 10.0 Å². The fourth-order valence-corrected chi connectivity index (χ4v) is 2.65. The zero-order valence-electron chi connectivity index (χ0n) is 10.3. The van der Waals surface area contributed by atoms with Crippen LogP contribution in [0.25, 0.3) is 0 Å². The van der Waals surface area contributed by atoms with Crippen molar-refractivity contribution >= 4 is 50.7 Å². The number of hydrogen-bond donors (Lipinski definition) is 1. The number of benzene rings is 2. The summed E-state index contributed by atoms with van der Waals surface area (Å²) in [6, 6.07) is 7.29. The summed E-state index contributed by atoms with van der Waals surface area (Å²) < 4.78 is 13.5. The molecule has 0 aromatic heterocycles. The highest BCUT2D eigenvalue weighted by atomic mass is 79.9. The lowest BCUT2D eigenvalue weighted by Gasteiger charge is -2.10. The van der Waals surface area contributed by atoms with Crippen LogP contribution in [0, 0.1) is 12.7 Å². The first-order valence-corrected chi connectivity index (χ1v) is 7.15. The predicted molar refractivity (Wildman–Crippen MR) is 83.3 cm³/mol.